The first kappa shape index (κ1) is 21.0. The molecule has 2 aromatic carbocycles. The van der Waals surface area contributed by atoms with Crippen LogP contribution in [0.2, 0.25) is 0 Å². The van der Waals surface area contributed by atoms with E-state index in [0.717, 1.165) is 6.42 Å². The molecule has 2 aromatic rings. The molecule has 0 saturated carbocycles. The second-order valence-corrected chi connectivity index (χ2v) is 6.58. The summed E-state index contributed by atoms with van der Waals surface area (Å²) in [6.45, 7) is 6.58. The lowest BCUT2D eigenvalue weighted by molar-refractivity contribution is -0.385. The van der Waals surface area contributed by atoms with Gasteiger partial charge in [0.15, 0.2) is 17.2 Å². The number of aryl methyl sites for hydroxylation is 1. The van der Waals surface area contributed by atoms with Crippen molar-refractivity contribution in [3.05, 3.63) is 68.9 Å². The van der Waals surface area contributed by atoms with Crippen LogP contribution in [0.15, 0.2) is 47.1 Å². The Morgan fingerprint density at radius 1 is 1.13 bits per heavy atom. The van der Waals surface area contributed by atoms with Crippen molar-refractivity contribution in [2.45, 2.75) is 27.2 Å². The molecule has 0 aliphatic carbocycles. The van der Waals surface area contributed by atoms with Gasteiger partial charge in [0.2, 0.25) is 5.90 Å². The molecule has 0 radical (unpaired) electrons. The summed E-state index contributed by atoms with van der Waals surface area (Å²) >= 11 is 0. The Kier molecular flexibility index (Phi) is 6.46. The number of rotatable bonds is 8. The summed E-state index contributed by atoms with van der Waals surface area (Å²) in [7, 11) is 0. The Hall–Kier alpha value is -3.68. The van der Waals surface area contributed by atoms with Crippen LogP contribution in [-0.4, -0.2) is 30.0 Å². The summed E-state index contributed by atoms with van der Waals surface area (Å²) in [5, 5.41) is 11.0. The van der Waals surface area contributed by atoms with Gasteiger partial charge in [-0.05, 0) is 56.2 Å². The molecular weight excluding hydrogens is 388 g/mol. The van der Waals surface area contributed by atoms with Crippen molar-refractivity contribution in [3.63, 3.8) is 0 Å². The van der Waals surface area contributed by atoms with E-state index in [2.05, 4.69) is 4.99 Å². The van der Waals surface area contributed by atoms with E-state index < -0.39 is 10.9 Å². The second-order valence-electron chi connectivity index (χ2n) is 6.58. The van der Waals surface area contributed by atoms with Crippen molar-refractivity contribution in [2.75, 3.05) is 13.2 Å². The van der Waals surface area contributed by atoms with Crippen LogP contribution in [0.4, 0.5) is 5.69 Å². The first-order chi connectivity index (χ1) is 14.4. The van der Waals surface area contributed by atoms with Gasteiger partial charge < -0.3 is 14.2 Å². The number of nitro groups is 1. The lowest BCUT2D eigenvalue weighted by atomic mass is 10.1. The zero-order chi connectivity index (χ0) is 21.7. The highest BCUT2D eigenvalue weighted by Gasteiger charge is 2.25. The summed E-state index contributed by atoms with van der Waals surface area (Å²) in [6.07, 6.45) is 2.47. The quantitative estimate of drug-likeness (QED) is 0.276. The second kappa shape index (κ2) is 9.21. The molecule has 30 heavy (non-hydrogen) atoms. The van der Waals surface area contributed by atoms with Gasteiger partial charge in [-0.3, -0.25) is 10.1 Å². The first-order valence-electron chi connectivity index (χ1n) is 9.60. The minimum Gasteiger partial charge on any atom is -0.490 e. The number of aliphatic imine (C=N–C) groups is 1. The van der Waals surface area contributed by atoms with Gasteiger partial charge in [-0.2, -0.15) is 0 Å². The monoisotopic (exact) mass is 410 g/mol. The Morgan fingerprint density at radius 3 is 2.60 bits per heavy atom. The van der Waals surface area contributed by atoms with E-state index >= 15 is 0 Å². The van der Waals surface area contributed by atoms with Crippen molar-refractivity contribution >= 4 is 23.6 Å². The zero-order valence-electron chi connectivity index (χ0n) is 17.0. The van der Waals surface area contributed by atoms with E-state index in [0.29, 0.717) is 41.4 Å². The van der Waals surface area contributed by atoms with E-state index in [4.69, 9.17) is 14.2 Å². The van der Waals surface area contributed by atoms with Gasteiger partial charge in [0.1, 0.15) is 0 Å². The molecule has 1 heterocycles. The molecule has 0 amide bonds. The van der Waals surface area contributed by atoms with E-state index in [-0.39, 0.29) is 17.3 Å². The van der Waals surface area contributed by atoms with Crippen molar-refractivity contribution < 1.29 is 23.9 Å². The lowest BCUT2D eigenvalue weighted by Gasteiger charge is -2.12. The number of carbonyl (C=O) groups is 1. The number of nitro benzene ring substituents is 1. The molecule has 156 valence electrons. The molecule has 8 heteroatoms. The van der Waals surface area contributed by atoms with Crippen LogP contribution in [0.5, 0.6) is 11.5 Å². The zero-order valence-corrected chi connectivity index (χ0v) is 17.0. The van der Waals surface area contributed by atoms with Crippen LogP contribution >= 0.6 is 0 Å². The summed E-state index contributed by atoms with van der Waals surface area (Å²) < 4.78 is 16.6. The van der Waals surface area contributed by atoms with E-state index in [1.54, 1.807) is 37.3 Å². The van der Waals surface area contributed by atoms with Crippen LogP contribution in [0.3, 0.4) is 0 Å². The fourth-order valence-corrected chi connectivity index (χ4v) is 2.90. The molecule has 0 bridgehead atoms. The van der Waals surface area contributed by atoms with Gasteiger partial charge in [0, 0.05) is 17.2 Å². The summed E-state index contributed by atoms with van der Waals surface area (Å²) in [5.74, 6) is 0.740. The number of hydrogen-bond acceptors (Lipinski definition) is 7. The molecule has 0 unspecified atom stereocenters. The van der Waals surface area contributed by atoms with E-state index in [9.17, 15) is 14.9 Å². The number of carbonyl (C=O) groups excluding carboxylic acids is 1. The number of hydrogen-bond donors (Lipinski definition) is 0. The fraction of sp³-hybridized carbons (Fsp3) is 0.273. The highest BCUT2D eigenvalue weighted by Crippen LogP contribution is 2.30. The molecule has 1 aliphatic heterocycles. The van der Waals surface area contributed by atoms with Gasteiger partial charge in [-0.25, -0.2) is 9.79 Å². The third-order valence-electron chi connectivity index (χ3n) is 4.29. The number of benzene rings is 2. The minimum absolute atomic E-state index is 0.00623. The van der Waals surface area contributed by atoms with Crippen LogP contribution in [0.25, 0.3) is 6.08 Å². The summed E-state index contributed by atoms with van der Waals surface area (Å²) in [6, 6.07) is 9.81. The Morgan fingerprint density at radius 2 is 1.93 bits per heavy atom. The fourth-order valence-electron chi connectivity index (χ4n) is 2.90. The summed E-state index contributed by atoms with van der Waals surface area (Å²) in [5.41, 5.74) is 1.78. The Bertz CT molecular complexity index is 1040. The van der Waals surface area contributed by atoms with Crippen LogP contribution in [0, 0.1) is 17.0 Å². The average Bonchev–Trinajstić information content (AvgIpc) is 3.07. The van der Waals surface area contributed by atoms with E-state index in [1.165, 1.54) is 12.1 Å². The molecule has 3 rings (SSSR count). The largest absolute Gasteiger partial charge is 0.490 e. The normalized spacial score (nSPS) is 14.4. The molecule has 0 aromatic heterocycles. The predicted molar refractivity (Wildman–Crippen MR) is 112 cm³/mol. The standard InChI is InChI=1S/C22H22N2O6/c1-4-10-29-19-9-6-15(13-20(19)28-5-2)12-17-22(25)30-21(23-17)16-7-8-18(24(26)27)14(3)11-16/h6-9,11-13H,4-5,10H2,1-3H3/b17-12-. The van der Waals surface area contributed by atoms with Crippen molar-refractivity contribution in [3.8, 4) is 11.5 Å². The first-order valence-corrected chi connectivity index (χ1v) is 9.60. The third-order valence-corrected chi connectivity index (χ3v) is 4.29. The van der Waals surface area contributed by atoms with Crippen molar-refractivity contribution in [2.24, 2.45) is 4.99 Å². The molecule has 1 aliphatic rings. The number of nitrogens with zero attached hydrogens (tertiary/aromatic N) is 2. The van der Waals surface area contributed by atoms with Gasteiger partial charge >= 0.3 is 5.97 Å². The molecule has 0 N–H and O–H groups in total. The van der Waals surface area contributed by atoms with Crippen LogP contribution < -0.4 is 9.47 Å². The maximum Gasteiger partial charge on any atom is 0.363 e. The molecule has 0 spiro atoms. The topological polar surface area (TPSA) is 100 Å². The van der Waals surface area contributed by atoms with Crippen LogP contribution in [0.1, 0.15) is 37.0 Å². The summed E-state index contributed by atoms with van der Waals surface area (Å²) in [4.78, 5) is 27.1. The maximum atomic E-state index is 12.3. The average molecular weight is 410 g/mol. The van der Waals surface area contributed by atoms with E-state index in [1.807, 2.05) is 13.8 Å². The van der Waals surface area contributed by atoms with Gasteiger partial charge in [0.05, 0.1) is 18.1 Å². The van der Waals surface area contributed by atoms with Crippen LogP contribution in [-0.2, 0) is 9.53 Å². The van der Waals surface area contributed by atoms with Gasteiger partial charge in [0.25, 0.3) is 5.69 Å². The number of esters is 1. The highest BCUT2D eigenvalue weighted by atomic mass is 16.6. The lowest BCUT2D eigenvalue weighted by Crippen LogP contribution is -2.06. The van der Waals surface area contributed by atoms with Gasteiger partial charge in [-0.1, -0.05) is 13.0 Å². The molecule has 0 saturated heterocycles. The Balaban J connectivity index is 1.89. The Labute approximate surface area is 173 Å². The number of ether oxygens (including phenoxy) is 3. The molecular formula is C22H22N2O6. The third kappa shape index (κ3) is 4.65. The highest BCUT2D eigenvalue weighted by molar-refractivity contribution is 6.13. The van der Waals surface area contributed by atoms with Crippen molar-refractivity contribution in [1.29, 1.82) is 0 Å². The molecule has 8 nitrogen and oxygen atoms in total. The van der Waals surface area contributed by atoms with Crippen molar-refractivity contribution in [1.82, 2.24) is 0 Å². The minimum atomic E-state index is -0.592. The smallest absolute Gasteiger partial charge is 0.363 e. The maximum absolute atomic E-state index is 12.3. The predicted octanol–water partition coefficient (Wildman–Crippen LogP) is 4.44. The molecule has 0 fully saturated rings. The molecule has 0 atom stereocenters. The number of cyclic esters (lactones) is 1. The SMILES string of the molecule is CCCOc1ccc(/C=C2\N=C(c3ccc([N+](=O)[O-])c(C)c3)OC2=O)cc1OCC. The van der Waals surface area contributed by atoms with Gasteiger partial charge in [-0.15, -0.1) is 0 Å².